The van der Waals surface area contributed by atoms with Gasteiger partial charge in [-0.2, -0.15) is 0 Å². The smallest absolute Gasteiger partial charge is 0.204 e. The zero-order valence-corrected chi connectivity index (χ0v) is 13.0. The van der Waals surface area contributed by atoms with Crippen molar-refractivity contribution in [2.24, 2.45) is 0 Å². The molecule has 4 N–H and O–H groups in total. The number of hydrogen-bond donors (Lipinski definition) is 4. The van der Waals surface area contributed by atoms with Gasteiger partial charge in [0.1, 0.15) is 30.0 Å². The molecule has 0 aliphatic carbocycles. The van der Waals surface area contributed by atoms with Gasteiger partial charge in [0, 0.05) is 23.6 Å². The van der Waals surface area contributed by atoms with Crippen molar-refractivity contribution in [2.45, 2.75) is 12.5 Å². The molecule has 0 amide bonds. The van der Waals surface area contributed by atoms with Crippen molar-refractivity contribution in [3.63, 3.8) is 0 Å². The summed E-state index contributed by atoms with van der Waals surface area (Å²) in [5.74, 6) is 1.04. The first kappa shape index (κ1) is 16.2. The molecule has 0 bridgehead atoms. The Hall–Kier alpha value is -2.64. The SMILES string of the molecule is COc1cc(O)c(OCC(O)CO)c2c1Cc1c(O)cccc1O2. The van der Waals surface area contributed by atoms with Crippen LogP contribution in [0, 0.1) is 0 Å². The van der Waals surface area contributed by atoms with Crippen LogP contribution in [0.4, 0.5) is 0 Å². The number of phenols is 2. The van der Waals surface area contributed by atoms with Gasteiger partial charge in [0.25, 0.3) is 0 Å². The van der Waals surface area contributed by atoms with Crippen molar-refractivity contribution in [1.29, 1.82) is 0 Å². The molecule has 128 valence electrons. The molecular weight excluding hydrogens is 316 g/mol. The van der Waals surface area contributed by atoms with E-state index in [2.05, 4.69) is 0 Å². The number of benzene rings is 2. The second kappa shape index (κ2) is 6.46. The largest absolute Gasteiger partial charge is 0.508 e. The van der Waals surface area contributed by atoms with Crippen molar-refractivity contribution in [3.05, 3.63) is 35.4 Å². The van der Waals surface area contributed by atoms with Crippen molar-refractivity contribution in [1.82, 2.24) is 0 Å². The molecule has 0 radical (unpaired) electrons. The average molecular weight is 334 g/mol. The van der Waals surface area contributed by atoms with Gasteiger partial charge in [-0.05, 0) is 12.1 Å². The third-order valence-electron chi connectivity index (χ3n) is 3.80. The fourth-order valence-electron chi connectivity index (χ4n) is 2.59. The predicted molar refractivity (Wildman–Crippen MR) is 84.2 cm³/mol. The van der Waals surface area contributed by atoms with Crippen molar-refractivity contribution < 1.29 is 34.6 Å². The van der Waals surface area contributed by atoms with E-state index < -0.39 is 12.7 Å². The van der Waals surface area contributed by atoms with Gasteiger partial charge >= 0.3 is 0 Å². The highest BCUT2D eigenvalue weighted by molar-refractivity contribution is 5.67. The standard InChI is InChI=1S/C17H18O7/c1-22-15-6-13(21)17(23-8-9(19)7-18)16-11(15)5-10-12(20)3-2-4-14(10)24-16/h2-4,6,9,18-21H,5,7-8H2,1H3. The Morgan fingerprint density at radius 2 is 2.00 bits per heavy atom. The van der Waals surface area contributed by atoms with Crippen LogP contribution in [-0.4, -0.2) is 46.9 Å². The van der Waals surface area contributed by atoms with E-state index in [9.17, 15) is 15.3 Å². The lowest BCUT2D eigenvalue weighted by atomic mass is 9.98. The third-order valence-corrected chi connectivity index (χ3v) is 3.80. The highest BCUT2D eigenvalue weighted by Gasteiger charge is 2.29. The van der Waals surface area contributed by atoms with E-state index in [1.54, 1.807) is 18.2 Å². The van der Waals surface area contributed by atoms with E-state index in [0.29, 0.717) is 29.0 Å². The lowest BCUT2D eigenvalue weighted by molar-refractivity contribution is 0.0519. The summed E-state index contributed by atoms with van der Waals surface area (Å²) in [6.45, 7) is -0.671. The van der Waals surface area contributed by atoms with E-state index in [-0.39, 0.29) is 29.6 Å². The first-order valence-corrected chi connectivity index (χ1v) is 7.38. The molecule has 7 nitrogen and oxygen atoms in total. The van der Waals surface area contributed by atoms with Gasteiger partial charge in [0.15, 0.2) is 11.5 Å². The predicted octanol–water partition coefficient (Wildman–Crippen LogP) is 1.53. The summed E-state index contributed by atoms with van der Waals surface area (Å²) in [6, 6.07) is 6.29. The summed E-state index contributed by atoms with van der Waals surface area (Å²) in [6.07, 6.45) is -0.748. The van der Waals surface area contributed by atoms with E-state index in [1.807, 2.05) is 0 Å². The van der Waals surface area contributed by atoms with Gasteiger partial charge in [-0.3, -0.25) is 0 Å². The summed E-state index contributed by atoms with van der Waals surface area (Å²) in [5.41, 5.74) is 1.22. The highest BCUT2D eigenvalue weighted by Crippen LogP contribution is 2.52. The zero-order chi connectivity index (χ0) is 17.3. The minimum Gasteiger partial charge on any atom is -0.508 e. The number of phenolic OH excluding ortho intramolecular Hbond substituents is 2. The molecule has 0 fully saturated rings. The molecule has 0 saturated carbocycles. The number of hydrogen-bond acceptors (Lipinski definition) is 7. The van der Waals surface area contributed by atoms with Crippen molar-refractivity contribution in [2.75, 3.05) is 20.3 Å². The molecule has 2 aromatic carbocycles. The second-order valence-corrected chi connectivity index (χ2v) is 5.41. The summed E-state index contributed by atoms with van der Waals surface area (Å²) >= 11 is 0. The number of aromatic hydroxyl groups is 2. The molecule has 1 aliphatic heterocycles. The van der Waals surface area contributed by atoms with Crippen LogP contribution in [0.1, 0.15) is 11.1 Å². The monoisotopic (exact) mass is 334 g/mol. The Balaban J connectivity index is 2.05. The summed E-state index contributed by atoms with van der Waals surface area (Å²) in [4.78, 5) is 0. The summed E-state index contributed by atoms with van der Waals surface area (Å²) in [5, 5.41) is 38.5. The molecule has 1 aliphatic rings. The Labute approximate surface area is 138 Å². The molecule has 7 heteroatoms. The molecule has 1 heterocycles. The Morgan fingerprint density at radius 1 is 1.21 bits per heavy atom. The average Bonchev–Trinajstić information content (AvgIpc) is 2.59. The highest BCUT2D eigenvalue weighted by atomic mass is 16.5. The normalized spacial score (nSPS) is 13.5. The van der Waals surface area contributed by atoms with Gasteiger partial charge in [-0.15, -0.1) is 0 Å². The van der Waals surface area contributed by atoms with Crippen molar-refractivity contribution >= 4 is 0 Å². The summed E-state index contributed by atoms with van der Waals surface area (Å²) < 4.78 is 16.5. The molecule has 3 rings (SSSR count). The van der Waals surface area contributed by atoms with Crippen LogP contribution in [-0.2, 0) is 6.42 Å². The fraction of sp³-hybridized carbons (Fsp3) is 0.294. The van der Waals surface area contributed by atoms with E-state index in [0.717, 1.165) is 0 Å². The second-order valence-electron chi connectivity index (χ2n) is 5.41. The molecule has 0 saturated heterocycles. The Bertz CT molecular complexity index is 757. The van der Waals surface area contributed by atoms with E-state index in [1.165, 1.54) is 13.2 Å². The molecule has 2 aromatic rings. The zero-order valence-electron chi connectivity index (χ0n) is 13.0. The Kier molecular flexibility index (Phi) is 4.37. The van der Waals surface area contributed by atoms with Crippen LogP contribution in [0.5, 0.6) is 34.5 Å². The molecule has 0 aromatic heterocycles. The first-order valence-electron chi connectivity index (χ1n) is 7.38. The molecular formula is C17H18O7. The number of ether oxygens (including phenoxy) is 3. The van der Waals surface area contributed by atoms with Crippen LogP contribution in [0.3, 0.4) is 0 Å². The minimum atomic E-state index is -1.08. The van der Waals surface area contributed by atoms with Gasteiger partial charge in [0.2, 0.25) is 5.75 Å². The number of rotatable bonds is 5. The van der Waals surface area contributed by atoms with Gasteiger partial charge < -0.3 is 34.6 Å². The number of fused-ring (bicyclic) bond motifs is 2. The molecule has 24 heavy (non-hydrogen) atoms. The number of aliphatic hydroxyl groups is 2. The van der Waals surface area contributed by atoms with Gasteiger partial charge in [-0.1, -0.05) is 6.07 Å². The molecule has 0 spiro atoms. The lowest BCUT2D eigenvalue weighted by Gasteiger charge is -2.25. The van der Waals surface area contributed by atoms with Gasteiger partial charge in [0.05, 0.1) is 13.7 Å². The van der Waals surface area contributed by atoms with Crippen LogP contribution in [0.25, 0.3) is 0 Å². The van der Waals surface area contributed by atoms with Crippen LogP contribution in [0.2, 0.25) is 0 Å². The number of aliphatic hydroxyl groups excluding tert-OH is 2. The number of methoxy groups -OCH3 is 1. The van der Waals surface area contributed by atoms with Gasteiger partial charge in [-0.25, -0.2) is 0 Å². The minimum absolute atomic E-state index is 0.0484. The Morgan fingerprint density at radius 3 is 2.71 bits per heavy atom. The molecule has 1 unspecified atom stereocenters. The quantitative estimate of drug-likeness (QED) is 0.560. The first-order chi connectivity index (χ1) is 11.5. The topological polar surface area (TPSA) is 109 Å². The maximum Gasteiger partial charge on any atom is 0.204 e. The maximum absolute atomic E-state index is 10.2. The molecule has 1 atom stereocenters. The third kappa shape index (κ3) is 2.79. The van der Waals surface area contributed by atoms with E-state index >= 15 is 0 Å². The van der Waals surface area contributed by atoms with Crippen LogP contribution >= 0.6 is 0 Å². The van der Waals surface area contributed by atoms with Crippen LogP contribution < -0.4 is 14.2 Å². The summed E-state index contributed by atoms with van der Waals surface area (Å²) in [7, 11) is 1.46. The fourth-order valence-corrected chi connectivity index (χ4v) is 2.59. The van der Waals surface area contributed by atoms with Crippen LogP contribution in [0.15, 0.2) is 24.3 Å². The lowest BCUT2D eigenvalue weighted by Crippen LogP contribution is -2.21. The van der Waals surface area contributed by atoms with Crippen molar-refractivity contribution in [3.8, 4) is 34.5 Å². The maximum atomic E-state index is 10.2. The van der Waals surface area contributed by atoms with E-state index in [4.69, 9.17) is 19.3 Å².